The van der Waals surface area contributed by atoms with Crippen LogP contribution >= 0.6 is 0 Å². The molecule has 1 N–H and O–H groups in total. The van der Waals surface area contributed by atoms with Crippen LogP contribution in [0.3, 0.4) is 0 Å². The fourth-order valence-corrected chi connectivity index (χ4v) is 2.26. The highest BCUT2D eigenvalue weighted by Crippen LogP contribution is 2.28. The maximum Gasteiger partial charge on any atom is 0.305 e. The minimum Gasteiger partial charge on any atom is -0.496 e. The molecule has 5 nitrogen and oxygen atoms in total. The molecule has 5 heteroatoms. The number of benzene rings is 1. The van der Waals surface area contributed by atoms with Gasteiger partial charge >= 0.3 is 5.97 Å². The quantitative estimate of drug-likeness (QED) is 0.799. The second kappa shape index (κ2) is 8.29. The molecule has 21 heavy (non-hydrogen) atoms. The average molecular weight is 293 g/mol. The van der Waals surface area contributed by atoms with E-state index in [1.165, 1.54) is 0 Å². The van der Waals surface area contributed by atoms with Crippen LogP contribution in [0.2, 0.25) is 0 Å². The SMILES string of the molecule is CCN(CCC(=O)O)C(=O)CC(C)c1ccccc1OC. The molecular weight excluding hydrogens is 270 g/mol. The van der Waals surface area contributed by atoms with Crippen molar-refractivity contribution >= 4 is 11.9 Å². The van der Waals surface area contributed by atoms with Gasteiger partial charge in [0.15, 0.2) is 0 Å². The van der Waals surface area contributed by atoms with Crippen LogP contribution in [0, 0.1) is 0 Å². The van der Waals surface area contributed by atoms with Crippen LogP contribution in [0.15, 0.2) is 24.3 Å². The van der Waals surface area contributed by atoms with Crippen molar-refractivity contribution in [2.45, 2.75) is 32.6 Å². The van der Waals surface area contributed by atoms with Crippen molar-refractivity contribution in [1.29, 1.82) is 0 Å². The van der Waals surface area contributed by atoms with Gasteiger partial charge < -0.3 is 14.7 Å². The first-order chi connectivity index (χ1) is 9.99. The van der Waals surface area contributed by atoms with E-state index in [1.54, 1.807) is 12.0 Å². The molecule has 1 aromatic carbocycles. The Morgan fingerprint density at radius 1 is 1.33 bits per heavy atom. The molecular formula is C16H23NO4. The highest BCUT2D eigenvalue weighted by atomic mass is 16.5. The van der Waals surface area contributed by atoms with Gasteiger partial charge in [-0.25, -0.2) is 0 Å². The summed E-state index contributed by atoms with van der Waals surface area (Å²) in [7, 11) is 1.61. The van der Waals surface area contributed by atoms with E-state index in [0.717, 1.165) is 11.3 Å². The summed E-state index contributed by atoms with van der Waals surface area (Å²) in [5, 5.41) is 8.71. The summed E-state index contributed by atoms with van der Waals surface area (Å²) in [6.45, 7) is 4.60. The third kappa shape index (κ3) is 5.10. The number of methoxy groups -OCH3 is 1. The number of hydrogen-bond acceptors (Lipinski definition) is 3. The zero-order chi connectivity index (χ0) is 15.8. The summed E-state index contributed by atoms with van der Waals surface area (Å²) in [5.74, 6) is -0.130. The molecule has 1 unspecified atom stereocenters. The van der Waals surface area contributed by atoms with Gasteiger partial charge in [0.1, 0.15) is 5.75 Å². The Hall–Kier alpha value is -2.04. The molecule has 0 saturated heterocycles. The minimum absolute atomic E-state index is 0.0209. The van der Waals surface area contributed by atoms with Crippen LogP contribution in [-0.2, 0) is 9.59 Å². The summed E-state index contributed by atoms with van der Waals surface area (Å²) in [6, 6.07) is 7.63. The van der Waals surface area contributed by atoms with Crippen molar-refractivity contribution in [1.82, 2.24) is 4.90 Å². The van der Waals surface area contributed by atoms with E-state index in [0.29, 0.717) is 13.0 Å². The topological polar surface area (TPSA) is 66.8 Å². The predicted octanol–water partition coefficient (Wildman–Crippen LogP) is 2.51. The van der Waals surface area contributed by atoms with Crippen molar-refractivity contribution in [3.05, 3.63) is 29.8 Å². The lowest BCUT2D eigenvalue weighted by molar-refractivity contribution is -0.138. The molecule has 0 bridgehead atoms. The van der Waals surface area contributed by atoms with Crippen molar-refractivity contribution in [3.63, 3.8) is 0 Å². The zero-order valence-corrected chi connectivity index (χ0v) is 12.8. The second-order valence-corrected chi connectivity index (χ2v) is 4.96. The Kier molecular flexibility index (Phi) is 6.72. The van der Waals surface area contributed by atoms with Gasteiger partial charge in [0.25, 0.3) is 0 Å². The van der Waals surface area contributed by atoms with Gasteiger partial charge in [-0.2, -0.15) is 0 Å². The first kappa shape index (κ1) is 17.0. The molecule has 0 aliphatic rings. The maximum absolute atomic E-state index is 12.3. The number of aliphatic carboxylic acids is 1. The lowest BCUT2D eigenvalue weighted by atomic mass is 9.96. The number of rotatable bonds is 8. The number of carbonyl (C=O) groups is 2. The van der Waals surface area contributed by atoms with E-state index in [1.807, 2.05) is 38.1 Å². The highest BCUT2D eigenvalue weighted by Gasteiger charge is 2.19. The molecule has 0 aromatic heterocycles. The Bertz CT molecular complexity index is 487. The fourth-order valence-electron chi connectivity index (χ4n) is 2.26. The van der Waals surface area contributed by atoms with Gasteiger partial charge in [0.2, 0.25) is 5.91 Å². The maximum atomic E-state index is 12.3. The molecule has 0 heterocycles. The summed E-state index contributed by atoms with van der Waals surface area (Å²) in [4.78, 5) is 24.5. The first-order valence-corrected chi connectivity index (χ1v) is 7.12. The smallest absolute Gasteiger partial charge is 0.305 e. The fraction of sp³-hybridized carbons (Fsp3) is 0.500. The second-order valence-electron chi connectivity index (χ2n) is 4.96. The zero-order valence-electron chi connectivity index (χ0n) is 12.8. The van der Waals surface area contributed by atoms with Gasteiger partial charge in [0.05, 0.1) is 13.5 Å². The Morgan fingerprint density at radius 2 is 2.00 bits per heavy atom. The van der Waals surface area contributed by atoms with E-state index >= 15 is 0 Å². The molecule has 0 radical (unpaired) electrons. The Balaban J connectivity index is 2.69. The minimum atomic E-state index is -0.890. The molecule has 1 atom stereocenters. The van der Waals surface area contributed by atoms with Crippen LogP contribution in [-0.4, -0.2) is 42.1 Å². The summed E-state index contributed by atoms with van der Waals surface area (Å²) < 4.78 is 5.31. The third-order valence-electron chi connectivity index (χ3n) is 3.48. The van der Waals surface area contributed by atoms with E-state index in [9.17, 15) is 9.59 Å². The van der Waals surface area contributed by atoms with Crippen molar-refractivity contribution in [2.24, 2.45) is 0 Å². The van der Waals surface area contributed by atoms with Gasteiger partial charge in [-0.15, -0.1) is 0 Å². The number of hydrogen-bond donors (Lipinski definition) is 1. The van der Waals surface area contributed by atoms with Gasteiger partial charge in [-0.1, -0.05) is 25.1 Å². The van der Waals surface area contributed by atoms with Crippen molar-refractivity contribution in [3.8, 4) is 5.75 Å². The first-order valence-electron chi connectivity index (χ1n) is 7.12. The van der Waals surface area contributed by atoms with Crippen molar-refractivity contribution < 1.29 is 19.4 Å². The molecule has 0 aliphatic carbocycles. The van der Waals surface area contributed by atoms with Crippen LogP contribution in [0.1, 0.15) is 38.2 Å². The summed E-state index contributed by atoms with van der Waals surface area (Å²) in [5.41, 5.74) is 0.989. The van der Waals surface area contributed by atoms with Crippen LogP contribution in [0.5, 0.6) is 5.75 Å². The number of para-hydroxylation sites is 1. The van der Waals surface area contributed by atoms with E-state index in [4.69, 9.17) is 9.84 Å². The Morgan fingerprint density at radius 3 is 2.57 bits per heavy atom. The molecule has 1 amide bonds. The number of carboxylic acid groups (broad SMARTS) is 1. The summed E-state index contributed by atoms with van der Waals surface area (Å²) in [6.07, 6.45) is 0.316. The van der Waals surface area contributed by atoms with Crippen molar-refractivity contribution in [2.75, 3.05) is 20.2 Å². The Labute approximate surface area is 125 Å². The largest absolute Gasteiger partial charge is 0.496 e. The monoisotopic (exact) mass is 293 g/mol. The molecule has 116 valence electrons. The molecule has 1 rings (SSSR count). The lowest BCUT2D eigenvalue weighted by Crippen LogP contribution is -2.33. The normalized spacial score (nSPS) is 11.8. The predicted molar refractivity (Wildman–Crippen MR) is 80.5 cm³/mol. The van der Waals surface area contributed by atoms with E-state index in [2.05, 4.69) is 0 Å². The highest BCUT2D eigenvalue weighted by molar-refractivity contribution is 5.78. The van der Waals surface area contributed by atoms with Gasteiger partial charge in [-0.05, 0) is 24.5 Å². The van der Waals surface area contributed by atoms with Crippen LogP contribution < -0.4 is 4.74 Å². The summed E-state index contributed by atoms with van der Waals surface area (Å²) >= 11 is 0. The molecule has 0 saturated carbocycles. The van der Waals surface area contributed by atoms with Gasteiger partial charge in [0, 0.05) is 19.5 Å². The molecule has 0 fully saturated rings. The molecule has 0 aliphatic heterocycles. The van der Waals surface area contributed by atoms with Gasteiger partial charge in [-0.3, -0.25) is 9.59 Å². The molecule has 1 aromatic rings. The molecule has 0 spiro atoms. The number of nitrogens with zero attached hydrogens (tertiary/aromatic N) is 1. The number of amides is 1. The van der Waals surface area contributed by atoms with Crippen LogP contribution in [0.25, 0.3) is 0 Å². The number of carbonyl (C=O) groups excluding carboxylic acids is 1. The lowest BCUT2D eigenvalue weighted by Gasteiger charge is -2.23. The number of carboxylic acids is 1. The van der Waals surface area contributed by atoms with Crippen LogP contribution in [0.4, 0.5) is 0 Å². The average Bonchev–Trinajstić information content (AvgIpc) is 2.47. The van der Waals surface area contributed by atoms with E-state index in [-0.39, 0.29) is 24.8 Å². The third-order valence-corrected chi connectivity index (χ3v) is 3.48. The van der Waals surface area contributed by atoms with E-state index < -0.39 is 5.97 Å². The number of ether oxygens (including phenoxy) is 1. The standard InChI is InChI=1S/C16H23NO4/c1-4-17(10-9-16(19)20)15(18)11-12(2)13-7-5-6-8-14(13)21-3/h5-8,12H,4,9-11H2,1-3H3,(H,19,20).